The third-order valence-electron chi connectivity index (χ3n) is 5.15. The third-order valence-corrected chi connectivity index (χ3v) is 5.15. The Morgan fingerprint density at radius 3 is 2.26 bits per heavy atom. The van der Waals surface area contributed by atoms with Gasteiger partial charge >= 0.3 is 0 Å². The summed E-state index contributed by atoms with van der Waals surface area (Å²) in [7, 11) is 0. The molecular weight excluding hydrogens is 230 g/mol. The van der Waals surface area contributed by atoms with E-state index in [1.54, 1.807) is 11.1 Å². The number of fused-ring (bicyclic) bond motifs is 1. The van der Waals surface area contributed by atoms with E-state index < -0.39 is 0 Å². The number of hydrogen-bond acceptors (Lipinski definition) is 1. The molecule has 1 nitrogen and oxygen atoms in total. The van der Waals surface area contributed by atoms with Gasteiger partial charge in [0.15, 0.2) is 0 Å². The zero-order chi connectivity index (χ0) is 13.8. The maximum absolute atomic E-state index is 5.13. The molecule has 1 aromatic heterocycles. The van der Waals surface area contributed by atoms with Gasteiger partial charge < -0.3 is 0 Å². The van der Waals surface area contributed by atoms with Gasteiger partial charge in [-0.05, 0) is 60.6 Å². The molecule has 2 aliphatic carbocycles. The maximum atomic E-state index is 5.13. The van der Waals surface area contributed by atoms with Crippen molar-refractivity contribution >= 4 is 0 Å². The van der Waals surface area contributed by atoms with Gasteiger partial charge in [-0.25, -0.2) is 0 Å². The predicted molar refractivity (Wildman–Crippen MR) is 81.0 cm³/mol. The molecule has 0 aliphatic heterocycles. The molecule has 1 aromatic rings. The van der Waals surface area contributed by atoms with Crippen LogP contribution in [0.2, 0.25) is 0 Å². The Bertz CT molecular complexity index is 503. The van der Waals surface area contributed by atoms with Crippen molar-refractivity contribution in [3.05, 3.63) is 28.1 Å². The molecule has 0 saturated heterocycles. The summed E-state index contributed by atoms with van der Waals surface area (Å²) in [5, 5.41) is 0. The fourth-order valence-electron chi connectivity index (χ4n) is 4.02. The smallest absolute Gasteiger partial charge is 0.0470 e. The summed E-state index contributed by atoms with van der Waals surface area (Å²) in [4.78, 5) is 5.13. The second kappa shape index (κ2) is 4.33. The van der Waals surface area contributed by atoms with Crippen molar-refractivity contribution in [1.82, 2.24) is 4.98 Å². The second-order valence-electron chi connectivity index (χ2n) is 7.68. The van der Waals surface area contributed by atoms with Crippen LogP contribution in [0.25, 0.3) is 0 Å². The summed E-state index contributed by atoms with van der Waals surface area (Å²) < 4.78 is 0. The first-order valence-corrected chi connectivity index (χ1v) is 7.93. The predicted octanol–water partition coefficient (Wildman–Crippen LogP) is 5.00. The van der Waals surface area contributed by atoms with Crippen LogP contribution in [0.1, 0.15) is 93.3 Å². The van der Waals surface area contributed by atoms with E-state index in [9.17, 15) is 0 Å². The van der Waals surface area contributed by atoms with E-state index in [1.807, 2.05) is 0 Å². The minimum atomic E-state index is 0.250. The number of nitrogens with zero attached hydrogens (tertiary/aromatic N) is 1. The van der Waals surface area contributed by atoms with Crippen molar-refractivity contribution in [2.75, 3.05) is 0 Å². The Morgan fingerprint density at radius 2 is 1.74 bits per heavy atom. The van der Waals surface area contributed by atoms with E-state index >= 15 is 0 Å². The number of hydrogen-bond donors (Lipinski definition) is 0. The lowest BCUT2D eigenvalue weighted by Crippen LogP contribution is -2.22. The lowest BCUT2D eigenvalue weighted by Gasteiger charge is -2.32. The average molecular weight is 257 g/mol. The summed E-state index contributed by atoms with van der Waals surface area (Å²) in [5.41, 5.74) is 7.81. The summed E-state index contributed by atoms with van der Waals surface area (Å²) in [5.74, 6) is 1.41. The van der Waals surface area contributed by atoms with Crippen molar-refractivity contribution in [2.45, 2.75) is 84.0 Å². The molecule has 104 valence electrons. The summed E-state index contributed by atoms with van der Waals surface area (Å²) >= 11 is 0. The van der Waals surface area contributed by atoms with Crippen molar-refractivity contribution in [1.29, 1.82) is 0 Å². The fourth-order valence-corrected chi connectivity index (χ4v) is 4.02. The second-order valence-corrected chi connectivity index (χ2v) is 7.68. The van der Waals surface area contributed by atoms with Gasteiger partial charge in [0.2, 0.25) is 0 Å². The van der Waals surface area contributed by atoms with Crippen LogP contribution < -0.4 is 0 Å². The Morgan fingerprint density at radius 1 is 1.05 bits per heavy atom. The first-order chi connectivity index (χ1) is 8.89. The highest BCUT2D eigenvalue weighted by atomic mass is 14.8. The Hall–Kier alpha value is -0.850. The molecular formula is C18H27N. The lowest BCUT2D eigenvalue weighted by atomic mass is 9.75. The highest BCUT2D eigenvalue weighted by Gasteiger charge is 2.33. The average Bonchev–Trinajstić information content (AvgIpc) is 2.57. The molecule has 0 aromatic carbocycles. The maximum Gasteiger partial charge on any atom is 0.0470 e. The highest BCUT2D eigenvalue weighted by Crippen LogP contribution is 2.45. The van der Waals surface area contributed by atoms with E-state index in [0.717, 1.165) is 5.92 Å². The monoisotopic (exact) mass is 257 g/mol. The van der Waals surface area contributed by atoms with Gasteiger partial charge in [0, 0.05) is 17.3 Å². The topological polar surface area (TPSA) is 12.9 Å². The Kier molecular flexibility index (Phi) is 2.99. The van der Waals surface area contributed by atoms with Gasteiger partial charge in [0.1, 0.15) is 0 Å². The summed E-state index contributed by atoms with van der Waals surface area (Å²) in [6, 6.07) is 0. The van der Waals surface area contributed by atoms with Gasteiger partial charge in [0.25, 0.3) is 0 Å². The zero-order valence-electron chi connectivity index (χ0n) is 13.1. The molecule has 1 fully saturated rings. The molecule has 1 atom stereocenters. The van der Waals surface area contributed by atoms with Gasteiger partial charge in [-0.1, -0.05) is 34.1 Å². The lowest BCUT2D eigenvalue weighted by molar-refractivity contribution is 0.406. The first kappa shape index (κ1) is 13.1. The quantitative estimate of drug-likeness (QED) is 0.689. The van der Waals surface area contributed by atoms with Crippen LogP contribution in [-0.2, 0) is 11.8 Å². The largest absolute Gasteiger partial charge is 0.257 e. The molecule has 0 radical (unpaired) electrons. The Labute approximate surface area is 117 Å². The molecule has 1 saturated carbocycles. The van der Waals surface area contributed by atoms with Crippen LogP contribution in [-0.4, -0.2) is 4.98 Å². The van der Waals surface area contributed by atoms with Crippen LogP contribution >= 0.6 is 0 Å². The van der Waals surface area contributed by atoms with E-state index in [1.165, 1.54) is 49.1 Å². The Balaban J connectivity index is 2.21. The molecule has 1 heterocycles. The van der Waals surface area contributed by atoms with Crippen LogP contribution in [0.3, 0.4) is 0 Å². The van der Waals surface area contributed by atoms with Crippen LogP contribution in [0, 0.1) is 6.92 Å². The van der Waals surface area contributed by atoms with Crippen LogP contribution in [0.5, 0.6) is 0 Å². The molecule has 19 heavy (non-hydrogen) atoms. The minimum absolute atomic E-state index is 0.250. The summed E-state index contributed by atoms with van der Waals surface area (Å²) in [6.45, 7) is 11.8. The molecule has 0 N–H and O–H groups in total. The van der Waals surface area contributed by atoms with Crippen LogP contribution in [0.4, 0.5) is 0 Å². The fraction of sp³-hybridized carbons (Fsp3) is 0.722. The van der Waals surface area contributed by atoms with Gasteiger partial charge in [-0.3, -0.25) is 4.98 Å². The third kappa shape index (κ3) is 2.02. The molecule has 1 unspecified atom stereocenters. The van der Waals surface area contributed by atoms with Crippen molar-refractivity contribution in [3.8, 4) is 0 Å². The van der Waals surface area contributed by atoms with Crippen molar-refractivity contribution < 1.29 is 0 Å². The minimum Gasteiger partial charge on any atom is -0.257 e. The first-order valence-electron chi connectivity index (χ1n) is 7.93. The van der Waals surface area contributed by atoms with E-state index in [-0.39, 0.29) is 5.41 Å². The molecule has 0 spiro atoms. The van der Waals surface area contributed by atoms with Gasteiger partial charge in [0.05, 0.1) is 0 Å². The zero-order valence-corrected chi connectivity index (χ0v) is 13.1. The van der Waals surface area contributed by atoms with Gasteiger partial charge in [-0.2, -0.15) is 0 Å². The number of aromatic nitrogens is 1. The molecule has 1 heteroatoms. The van der Waals surface area contributed by atoms with Crippen LogP contribution in [0.15, 0.2) is 0 Å². The standard InChI is InChI=1S/C18H27N/c1-11-9-10-14-15(18(3,4)5)12(2)17(19-16(11)14)13-7-6-8-13/h11,13H,6-10H2,1-5H3. The summed E-state index contributed by atoms with van der Waals surface area (Å²) in [6.07, 6.45) is 6.62. The van der Waals surface area contributed by atoms with E-state index in [0.29, 0.717) is 5.92 Å². The molecule has 3 rings (SSSR count). The van der Waals surface area contributed by atoms with Crippen molar-refractivity contribution in [3.63, 3.8) is 0 Å². The van der Waals surface area contributed by atoms with Gasteiger partial charge in [-0.15, -0.1) is 0 Å². The molecule has 2 aliphatic rings. The normalized spacial score (nSPS) is 23.3. The van der Waals surface area contributed by atoms with E-state index in [2.05, 4.69) is 34.6 Å². The highest BCUT2D eigenvalue weighted by molar-refractivity contribution is 5.48. The molecule has 0 bridgehead atoms. The van der Waals surface area contributed by atoms with Crippen molar-refractivity contribution in [2.24, 2.45) is 0 Å². The number of rotatable bonds is 1. The number of pyridine rings is 1. The molecule has 0 amide bonds. The van der Waals surface area contributed by atoms with E-state index in [4.69, 9.17) is 4.98 Å². The SMILES string of the molecule is Cc1c(C2CCC2)nc2c(c1C(C)(C)C)CCC2C.